The molecular formula is C11H9NO2S. The Balaban J connectivity index is 1.96. The second-order valence-corrected chi connectivity index (χ2v) is 4.75. The lowest BCUT2D eigenvalue weighted by molar-refractivity contribution is -0.138. The summed E-state index contributed by atoms with van der Waals surface area (Å²) in [5, 5.41) is 8.85. The molecule has 3 rings (SSSR count). The van der Waals surface area contributed by atoms with Crippen molar-refractivity contribution in [2.75, 3.05) is 0 Å². The molecule has 2 unspecified atom stereocenters. The molecule has 1 fully saturated rings. The maximum absolute atomic E-state index is 10.7. The average molecular weight is 219 g/mol. The normalized spacial score (nSPS) is 24.3. The first-order valence-corrected chi connectivity index (χ1v) is 5.69. The highest BCUT2D eigenvalue weighted by Gasteiger charge is 2.44. The number of hydrogen-bond donors (Lipinski definition) is 1. The standard InChI is InChI=1S/C11H9NO2S/c13-11(14)8-4-7(8)6-1-2-9-10(3-6)15-5-12-9/h1-3,5,7-8H,4H2,(H,13,14). The quantitative estimate of drug-likeness (QED) is 0.844. The first-order valence-electron chi connectivity index (χ1n) is 4.81. The van der Waals surface area contributed by atoms with Crippen LogP contribution < -0.4 is 0 Å². The van der Waals surface area contributed by atoms with Crippen molar-refractivity contribution in [3.63, 3.8) is 0 Å². The summed E-state index contributed by atoms with van der Waals surface area (Å²) in [5.74, 6) is -0.631. The number of benzene rings is 1. The second-order valence-electron chi connectivity index (χ2n) is 3.87. The van der Waals surface area contributed by atoms with E-state index < -0.39 is 5.97 Å². The molecule has 0 spiro atoms. The van der Waals surface area contributed by atoms with Crippen LogP contribution in [0.15, 0.2) is 23.7 Å². The minimum atomic E-state index is -0.676. The van der Waals surface area contributed by atoms with Crippen LogP contribution in [0.4, 0.5) is 0 Å². The summed E-state index contributed by atoms with van der Waals surface area (Å²) in [5.41, 5.74) is 3.95. The summed E-state index contributed by atoms with van der Waals surface area (Å²) in [6, 6.07) is 6.04. The molecule has 1 aromatic carbocycles. The van der Waals surface area contributed by atoms with Crippen molar-refractivity contribution < 1.29 is 9.90 Å². The number of carbonyl (C=O) groups is 1. The number of rotatable bonds is 2. The molecular weight excluding hydrogens is 210 g/mol. The number of aliphatic carboxylic acids is 1. The van der Waals surface area contributed by atoms with Gasteiger partial charge in [0.05, 0.1) is 21.6 Å². The third kappa shape index (κ3) is 1.41. The lowest BCUT2D eigenvalue weighted by atomic mass is 10.1. The number of nitrogens with zero attached hydrogens (tertiary/aromatic N) is 1. The summed E-state index contributed by atoms with van der Waals surface area (Å²) in [6.07, 6.45) is 0.777. The summed E-state index contributed by atoms with van der Waals surface area (Å²) < 4.78 is 1.14. The lowest BCUT2D eigenvalue weighted by Gasteiger charge is -1.97. The van der Waals surface area contributed by atoms with Gasteiger partial charge in [-0.05, 0) is 30.0 Å². The number of aromatic nitrogens is 1. The highest BCUT2D eigenvalue weighted by atomic mass is 32.1. The van der Waals surface area contributed by atoms with E-state index in [0.29, 0.717) is 0 Å². The Morgan fingerprint density at radius 1 is 1.53 bits per heavy atom. The van der Waals surface area contributed by atoms with Crippen LogP contribution in [-0.2, 0) is 4.79 Å². The summed E-state index contributed by atoms with van der Waals surface area (Å²) in [7, 11) is 0. The van der Waals surface area contributed by atoms with Crippen LogP contribution in [0, 0.1) is 5.92 Å². The molecule has 2 atom stereocenters. The van der Waals surface area contributed by atoms with Crippen molar-refractivity contribution in [2.45, 2.75) is 12.3 Å². The topological polar surface area (TPSA) is 50.2 Å². The predicted octanol–water partition coefficient (Wildman–Crippen LogP) is 2.48. The monoisotopic (exact) mass is 219 g/mol. The first-order chi connectivity index (χ1) is 7.25. The van der Waals surface area contributed by atoms with Gasteiger partial charge in [-0.15, -0.1) is 11.3 Å². The molecule has 0 aliphatic heterocycles. The molecule has 4 heteroatoms. The minimum absolute atomic E-state index is 0.171. The van der Waals surface area contributed by atoms with Crippen LogP contribution >= 0.6 is 11.3 Å². The lowest BCUT2D eigenvalue weighted by Crippen LogP contribution is -1.98. The highest BCUT2D eigenvalue weighted by Crippen LogP contribution is 2.48. The van der Waals surface area contributed by atoms with Gasteiger partial charge in [-0.25, -0.2) is 4.98 Å². The summed E-state index contributed by atoms with van der Waals surface area (Å²) in [6.45, 7) is 0. The zero-order valence-electron chi connectivity index (χ0n) is 7.88. The van der Waals surface area contributed by atoms with E-state index in [-0.39, 0.29) is 11.8 Å². The van der Waals surface area contributed by atoms with Gasteiger partial charge in [0.2, 0.25) is 0 Å². The Morgan fingerprint density at radius 2 is 2.40 bits per heavy atom. The highest BCUT2D eigenvalue weighted by molar-refractivity contribution is 7.16. The van der Waals surface area contributed by atoms with E-state index in [9.17, 15) is 4.79 Å². The van der Waals surface area contributed by atoms with Gasteiger partial charge in [-0.3, -0.25) is 4.79 Å². The third-order valence-electron chi connectivity index (χ3n) is 2.89. The molecule has 1 aromatic heterocycles. The maximum Gasteiger partial charge on any atom is 0.307 e. The van der Waals surface area contributed by atoms with E-state index in [1.807, 2.05) is 17.6 Å². The zero-order valence-corrected chi connectivity index (χ0v) is 8.70. The molecule has 1 aliphatic carbocycles. The van der Waals surface area contributed by atoms with Gasteiger partial charge in [-0.2, -0.15) is 0 Å². The van der Waals surface area contributed by atoms with Crippen molar-refractivity contribution in [1.29, 1.82) is 0 Å². The Hall–Kier alpha value is -1.42. The number of thiazole rings is 1. The van der Waals surface area contributed by atoms with Gasteiger partial charge in [0.25, 0.3) is 0 Å². The van der Waals surface area contributed by atoms with E-state index in [0.717, 1.165) is 22.2 Å². The fourth-order valence-electron chi connectivity index (χ4n) is 1.94. The number of hydrogen-bond acceptors (Lipinski definition) is 3. The molecule has 15 heavy (non-hydrogen) atoms. The van der Waals surface area contributed by atoms with Gasteiger partial charge in [0, 0.05) is 0 Å². The Morgan fingerprint density at radius 3 is 3.13 bits per heavy atom. The molecule has 0 radical (unpaired) electrons. The molecule has 3 nitrogen and oxygen atoms in total. The predicted molar refractivity (Wildman–Crippen MR) is 58.1 cm³/mol. The number of fused-ring (bicyclic) bond motifs is 1. The molecule has 1 saturated carbocycles. The van der Waals surface area contributed by atoms with Gasteiger partial charge in [0.15, 0.2) is 0 Å². The second kappa shape index (κ2) is 3.03. The number of carboxylic acids is 1. The van der Waals surface area contributed by atoms with Crippen molar-refractivity contribution in [1.82, 2.24) is 4.98 Å². The van der Waals surface area contributed by atoms with Crippen molar-refractivity contribution >= 4 is 27.5 Å². The average Bonchev–Trinajstić information content (AvgIpc) is 2.89. The van der Waals surface area contributed by atoms with Crippen molar-refractivity contribution in [2.24, 2.45) is 5.92 Å². The van der Waals surface area contributed by atoms with E-state index in [1.54, 1.807) is 11.3 Å². The molecule has 76 valence electrons. The Kier molecular flexibility index (Phi) is 1.79. The van der Waals surface area contributed by atoms with Crippen LogP contribution in [0.25, 0.3) is 10.2 Å². The van der Waals surface area contributed by atoms with E-state index >= 15 is 0 Å². The smallest absolute Gasteiger partial charge is 0.307 e. The fourth-order valence-corrected chi connectivity index (χ4v) is 2.66. The van der Waals surface area contributed by atoms with E-state index in [2.05, 4.69) is 11.1 Å². The minimum Gasteiger partial charge on any atom is -0.481 e. The molecule has 1 heterocycles. The van der Waals surface area contributed by atoms with Crippen LogP contribution in [0.1, 0.15) is 17.9 Å². The fraction of sp³-hybridized carbons (Fsp3) is 0.273. The Labute approximate surface area is 90.4 Å². The molecule has 2 aromatic rings. The largest absolute Gasteiger partial charge is 0.481 e. The van der Waals surface area contributed by atoms with Crippen molar-refractivity contribution in [3.05, 3.63) is 29.3 Å². The number of carboxylic acid groups (broad SMARTS) is 1. The molecule has 0 amide bonds. The van der Waals surface area contributed by atoms with Crippen LogP contribution in [0.2, 0.25) is 0 Å². The van der Waals surface area contributed by atoms with Crippen molar-refractivity contribution in [3.8, 4) is 0 Å². The first kappa shape index (κ1) is 8.85. The summed E-state index contributed by atoms with van der Waals surface area (Å²) in [4.78, 5) is 14.9. The summed E-state index contributed by atoms with van der Waals surface area (Å²) >= 11 is 1.60. The van der Waals surface area contributed by atoms with E-state index in [1.165, 1.54) is 0 Å². The Bertz CT molecular complexity index is 534. The van der Waals surface area contributed by atoms with Gasteiger partial charge in [-0.1, -0.05) is 6.07 Å². The molecule has 0 bridgehead atoms. The molecule has 0 saturated heterocycles. The maximum atomic E-state index is 10.7. The van der Waals surface area contributed by atoms with Crippen LogP contribution in [0.5, 0.6) is 0 Å². The SMILES string of the molecule is O=C(O)C1CC1c1ccc2ncsc2c1. The molecule has 1 aliphatic rings. The van der Waals surface area contributed by atoms with Gasteiger partial charge >= 0.3 is 5.97 Å². The van der Waals surface area contributed by atoms with Crippen LogP contribution in [0.3, 0.4) is 0 Å². The van der Waals surface area contributed by atoms with Gasteiger partial charge < -0.3 is 5.11 Å². The van der Waals surface area contributed by atoms with E-state index in [4.69, 9.17) is 5.11 Å². The zero-order chi connectivity index (χ0) is 10.4. The third-order valence-corrected chi connectivity index (χ3v) is 3.68. The van der Waals surface area contributed by atoms with Gasteiger partial charge in [0.1, 0.15) is 0 Å². The molecule has 1 N–H and O–H groups in total. The van der Waals surface area contributed by atoms with Crippen LogP contribution in [-0.4, -0.2) is 16.1 Å².